The number of anilines is 1. The fraction of sp³-hybridized carbons (Fsp3) is 0.500. The van der Waals surface area contributed by atoms with Crippen LogP contribution in [-0.4, -0.2) is 82.1 Å². The fourth-order valence-corrected chi connectivity index (χ4v) is 5.35. The number of alkyl halides is 2. The second kappa shape index (κ2) is 11.3. The molecule has 4 heterocycles. The molecule has 2 aromatic heterocycles. The molecule has 2 aliphatic rings. The first kappa shape index (κ1) is 26.4. The van der Waals surface area contributed by atoms with Crippen LogP contribution in [0.5, 0.6) is 0 Å². The minimum absolute atomic E-state index is 0.00757. The van der Waals surface area contributed by atoms with Crippen LogP contribution in [0.4, 0.5) is 18.9 Å². The molecule has 0 aliphatic carbocycles. The van der Waals surface area contributed by atoms with Crippen LogP contribution in [0.3, 0.4) is 0 Å². The van der Waals surface area contributed by atoms with Gasteiger partial charge in [-0.05, 0) is 25.8 Å². The Balaban J connectivity index is 1.31. The number of ether oxygens (including phenoxy) is 1. The predicted octanol–water partition coefficient (Wildman–Crippen LogP) is 2.96. The number of carbonyl (C=O) groups is 1. The van der Waals surface area contributed by atoms with E-state index in [1.54, 1.807) is 19.2 Å². The maximum Gasteiger partial charge on any atom is 0.266 e. The van der Waals surface area contributed by atoms with E-state index in [0.29, 0.717) is 30.4 Å². The van der Waals surface area contributed by atoms with Crippen molar-refractivity contribution in [1.29, 1.82) is 0 Å². The zero-order valence-electron chi connectivity index (χ0n) is 21.1. The Hall–Kier alpha value is -3.22. The molecule has 9 nitrogen and oxygen atoms in total. The number of morpholine rings is 1. The number of benzene rings is 1. The van der Waals surface area contributed by atoms with Gasteiger partial charge in [-0.3, -0.25) is 9.69 Å². The lowest BCUT2D eigenvalue weighted by Crippen LogP contribution is -2.52. The van der Waals surface area contributed by atoms with E-state index in [-0.39, 0.29) is 18.3 Å². The molecule has 1 aromatic carbocycles. The number of aromatic nitrogens is 3. The van der Waals surface area contributed by atoms with Crippen molar-refractivity contribution in [3.63, 3.8) is 0 Å². The molecule has 0 spiro atoms. The van der Waals surface area contributed by atoms with E-state index in [2.05, 4.69) is 25.2 Å². The number of aliphatic hydroxyl groups is 1. The average molecular weight is 533 g/mol. The number of halogens is 3. The summed E-state index contributed by atoms with van der Waals surface area (Å²) < 4.78 is 48.0. The Kier molecular flexibility index (Phi) is 7.82. The number of fused-ring (bicyclic) bond motifs is 1. The number of hydrogen-bond donors (Lipinski definition) is 2. The smallest absolute Gasteiger partial charge is 0.266 e. The lowest BCUT2D eigenvalue weighted by atomic mass is 10.0. The third kappa shape index (κ3) is 5.33. The molecule has 12 heteroatoms. The monoisotopic (exact) mass is 532 g/mol. The Morgan fingerprint density at radius 3 is 2.74 bits per heavy atom. The van der Waals surface area contributed by atoms with Gasteiger partial charge in [0.2, 0.25) is 0 Å². The molecule has 2 atom stereocenters. The number of aliphatic hydroxyl groups excluding tert-OH is 1. The van der Waals surface area contributed by atoms with Crippen molar-refractivity contribution in [3.05, 3.63) is 59.3 Å². The van der Waals surface area contributed by atoms with Gasteiger partial charge < -0.3 is 20.1 Å². The van der Waals surface area contributed by atoms with Gasteiger partial charge in [-0.2, -0.15) is 5.10 Å². The zero-order chi connectivity index (χ0) is 26.8. The number of nitrogens with zero attached hydrogens (tertiary/aromatic N) is 5. The Labute approximate surface area is 218 Å². The van der Waals surface area contributed by atoms with Crippen molar-refractivity contribution in [2.24, 2.45) is 0 Å². The van der Waals surface area contributed by atoms with Crippen LogP contribution in [0.1, 0.15) is 53.7 Å². The third-order valence-corrected chi connectivity index (χ3v) is 7.42. The van der Waals surface area contributed by atoms with Crippen molar-refractivity contribution in [3.8, 4) is 0 Å². The topological polar surface area (TPSA) is 95.2 Å². The minimum Gasteiger partial charge on any atom is -0.394 e. The molecule has 3 aromatic rings. The van der Waals surface area contributed by atoms with Gasteiger partial charge in [-0.25, -0.2) is 22.7 Å². The van der Waals surface area contributed by atoms with Crippen molar-refractivity contribution >= 4 is 17.2 Å². The summed E-state index contributed by atoms with van der Waals surface area (Å²) in [4.78, 5) is 22.1. The van der Waals surface area contributed by atoms with Crippen LogP contribution in [0, 0.1) is 5.82 Å². The Morgan fingerprint density at radius 1 is 1.24 bits per heavy atom. The number of amides is 1. The number of hydrogen-bond acceptors (Lipinski definition) is 7. The van der Waals surface area contributed by atoms with Gasteiger partial charge in [0.05, 0.1) is 42.2 Å². The van der Waals surface area contributed by atoms with Crippen molar-refractivity contribution in [2.75, 3.05) is 44.3 Å². The molecular weight excluding hydrogens is 501 g/mol. The molecule has 2 saturated heterocycles. The highest BCUT2D eigenvalue weighted by Gasteiger charge is 2.30. The van der Waals surface area contributed by atoms with Crippen LogP contribution in [-0.2, 0) is 4.74 Å². The summed E-state index contributed by atoms with van der Waals surface area (Å²) in [5, 5.41) is 16.4. The van der Waals surface area contributed by atoms with E-state index in [9.17, 15) is 23.1 Å². The highest BCUT2D eigenvalue weighted by atomic mass is 19.3. The molecule has 2 N–H and O–H groups in total. The standard InChI is InChI=1S/C26H31F3N6O3/c1-16(20-3-2-4-21(23(20)27)24(28)29)32-26(37)17-11-22(25-30-15-31-35(25)12-17)33-7-5-18(6-8-33)34-9-10-38-19(13-34)14-36/h2-4,11-12,15-16,18-19,24,36H,5-10,13-14H2,1H3,(H,32,37)/t16-,19+/m1/s1. The van der Waals surface area contributed by atoms with Gasteiger partial charge in [0.25, 0.3) is 12.3 Å². The first-order chi connectivity index (χ1) is 18.4. The summed E-state index contributed by atoms with van der Waals surface area (Å²) in [6.07, 6.45) is 1.69. The van der Waals surface area contributed by atoms with Crippen molar-refractivity contribution in [2.45, 2.75) is 44.4 Å². The van der Waals surface area contributed by atoms with Crippen LogP contribution >= 0.6 is 0 Å². The quantitative estimate of drug-likeness (QED) is 0.483. The van der Waals surface area contributed by atoms with E-state index in [1.165, 1.54) is 23.0 Å². The van der Waals surface area contributed by atoms with Gasteiger partial charge in [0.15, 0.2) is 5.65 Å². The van der Waals surface area contributed by atoms with Gasteiger partial charge in [0.1, 0.15) is 12.1 Å². The SMILES string of the molecule is C[C@@H](NC(=O)c1cc(N2CCC(N3CCO[C@H](CO)C3)CC2)c2ncnn2c1)c1cccc(C(F)F)c1F. The normalized spacial score (nSPS) is 20.3. The van der Waals surface area contributed by atoms with Gasteiger partial charge >= 0.3 is 0 Å². The maximum atomic E-state index is 14.6. The van der Waals surface area contributed by atoms with E-state index in [4.69, 9.17) is 4.74 Å². The van der Waals surface area contributed by atoms with Gasteiger partial charge in [-0.1, -0.05) is 18.2 Å². The molecule has 2 fully saturated rings. The summed E-state index contributed by atoms with van der Waals surface area (Å²) in [7, 11) is 0. The Bertz CT molecular complexity index is 1280. The first-order valence-corrected chi connectivity index (χ1v) is 12.8. The highest BCUT2D eigenvalue weighted by Crippen LogP contribution is 2.29. The predicted molar refractivity (Wildman–Crippen MR) is 134 cm³/mol. The molecular formula is C26H31F3N6O3. The highest BCUT2D eigenvalue weighted by molar-refractivity contribution is 5.96. The second-order valence-electron chi connectivity index (χ2n) is 9.78. The summed E-state index contributed by atoms with van der Waals surface area (Å²) in [6, 6.07) is 5.07. The van der Waals surface area contributed by atoms with Crippen molar-refractivity contribution in [1.82, 2.24) is 24.8 Å². The Morgan fingerprint density at radius 2 is 2.00 bits per heavy atom. The first-order valence-electron chi connectivity index (χ1n) is 12.8. The molecule has 2 aliphatic heterocycles. The minimum atomic E-state index is -2.95. The maximum absolute atomic E-state index is 14.6. The molecule has 0 radical (unpaired) electrons. The number of nitrogens with one attached hydrogen (secondary N) is 1. The number of rotatable bonds is 7. The van der Waals surface area contributed by atoms with Crippen molar-refractivity contribution < 1.29 is 27.8 Å². The summed E-state index contributed by atoms with van der Waals surface area (Å²) >= 11 is 0. The zero-order valence-corrected chi connectivity index (χ0v) is 21.1. The third-order valence-electron chi connectivity index (χ3n) is 7.42. The second-order valence-corrected chi connectivity index (χ2v) is 9.78. The van der Waals surface area contributed by atoms with Crippen LogP contribution in [0.25, 0.3) is 5.65 Å². The van der Waals surface area contributed by atoms with Crippen LogP contribution in [0.2, 0.25) is 0 Å². The van der Waals surface area contributed by atoms with Crippen LogP contribution in [0.15, 0.2) is 36.8 Å². The molecule has 5 rings (SSSR count). The number of pyridine rings is 1. The van der Waals surface area contributed by atoms with E-state index in [1.807, 2.05) is 0 Å². The molecule has 0 saturated carbocycles. The summed E-state index contributed by atoms with van der Waals surface area (Å²) in [6.45, 7) is 5.23. The molecule has 0 bridgehead atoms. The number of piperidine rings is 1. The molecule has 38 heavy (non-hydrogen) atoms. The van der Waals surface area contributed by atoms with E-state index < -0.39 is 29.8 Å². The van der Waals surface area contributed by atoms with Crippen LogP contribution < -0.4 is 10.2 Å². The lowest BCUT2D eigenvalue weighted by Gasteiger charge is -2.42. The lowest BCUT2D eigenvalue weighted by molar-refractivity contribution is -0.0671. The van der Waals surface area contributed by atoms with Gasteiger partial charge in [-0.15, -0.1) is 0 Å². The van der Waals surface area contributed by atoms with E-state index >= 15 is 0 Å². The fourth-order valence-electron chi connectivity index (χ4n) is 5.35. The average Bonchev–Trinajstić information content (AvgIpc) is 3.41. The molecule has 1 amide bonds. The van der Waals surface area contributed by atoms with E-state index in [0.717, 1.165) is 44.2 Å². The largest absolute Gasteiger partial charge is 0.394 e. The van der Waals surface area contributed by atoms with Gasteiger partial charge in [0, 0.05) is 44.0 Å². The molecule has 204 valence electrons. The number of carbonyl (C=O) groups excluding carboxylic acids is 1. The summed E-state index contributed by atoms with van der Waals surface area (Å²) in [5.74, 6) is -1.49. The molecule has 0 unspecified atom stereocenters. The summed E-state index contributed by atoms with van der Waals surface area (Å²) in [5.41, 5.74) is 0.989.